The Hall–Kier alpha value is -2.71. The van der Waals surface area contributed by atoms with E-state index in [9.17, 15) is 22.0 Å². The maximum Gasteiger partial charge on any atom is 0.243 e. The van der Waals surface area contributed by atoms with Gasteiger partial charge in [0, 0.05) is 51.3 Å². The molecule has 0 radical (unpaired) electrons. The normalized spacial score (nSPS) is 17.8. The van der Waals surface area contributed by atoms with Gasteiger partial charge >= 0.3 is 0 Å². The SMILES string of the molecule is COc1ccc(S(=O)(=O)N2CCC(C(=O)N(CCCN3CCOCC3)c3nc4c(F)cc(F)cc4s3)CC2)cc1. The molecule has 5 rings (SSSR count). The summed E-state index contributed by atoms with van der Waals surface area (Å²) in [4.78, 5) is 22.2. The number of methoxy groups -OCH3 is 1. The first-order valence-electron chi connectivity index (χ1n) is 13.3. The van der Waals surface area contributed by atoms with Gasteiger partial charge in [-0.2, -0.15) is 4.31 Å². The Morgan fingerprint density at radius 1 is 1.12 bits per heavy atom. The molecule has 0 aliphatic carbocycles. The highest BCUT2D eigenvalue weighted by Crippen LogP contribution is 2.34. The van der Waals surface area contributed by atoms with Crippen molar-refractivity contribution in [2.24, 2.45) is 5.92 Å². The summed E-state index contributed by atoms with van der Waals surface area (Å²) in [5.41, 5.74) is 0.0350. The van der Waals surface area contributed by atoms with E-state index < -0.39 is 27.6 Å². The van der Waals surface area contributed by atoms with Crippen LogP contribution < -0.4 is 9.64 Å². The summed E-state index contributed by atoms with van der Waals surface area (Å²) in [5.74, 6) is -1.50. The second-order valence-electron chi connectivity index (χ2n) is 9.88. The van der Waals surface area contributed by atoms with Gasteiger partial charge in [0.05, 0.1) is 29.9 Å². The third-order valence-electron chi connectivity index (χ3n) is 7.36. The minimum atomic E-state index is -3.71. The Kier molecular flexibility index (Phi) is 8.95. The molecule has 2 fully saturated rings. The van der Waals surface area contributed by atoms with Crippen LogP contribution in [0.15, 0.2) is 41.3 Å². The van der Waals surface area contributed by atoms with Crippen molar-refractivity contribution in [2.75, 3.05) is 64.5 Å². The molecular weight excluding hydrogens is 562 g/mol. The van der Waals surface area contributed by atoms with Gasteiger partial charge in [-0.3, -0.25) is 14.6 Å². The van der Waals surface area contributed by atoms with Crippen molar-refractivity contribution in [3.05, 3.63) is 48.0 Å². The van der Waals surface area contributed by atoms with Crippen molar-refractivity contribution in [3.63, 3.8) is 0 Å². The van der Waals surface area contributed by atoms with Crippen molar-refractivity contribution < 1.29 is 31.5 Å². The zero-order chi connectivity index (χ0) is 28.3. The second-order valence-corrected chi connectivity index (χ2v) is 12.8. The number of hydrogen-bond donors (Lipinski definition) is 0. The Morgan fingerprint density at radius 2 is 1.82 bits per heavy atom. The van der Waals surface area contributed by atoms with Crippen LogP contribution in [0.3, 0.4) is 0 Å². The van der Waals surface area contributed by atoms with Gasteiger partial charge in [-0.25, -0.2) is 22.2 Å². The molecule has 9 nitrogen and oxygen atoms in total. The lowest BCUT2D eigenvalue weighted by molar-refractivity contribution is -0.123. The van der Waals surface area contributed by atoms with Crippen LogP contribution in [0.2, 0.25) is 0 Å². The van der Waals surface area contributed by atoms with Crippen LogP contribution in [0, 0.1) is 17.6 Å². The van der Waals surface area contributed by atoms with E-state index in [2.05, 4.69) is 9.88 Å². The number of piperidine rings is 1. The predicted octanol–water partition coefficient (Wildman–Crippen LogP) is 3.74. The molecule has 0 unspecified atom stereocenters. The third-order valence-corrected chi connectivity index (χ3v) is 10.3. The van der Waals surface area contributed by atoms with E-state index in [-0.39, 0.29) is 29.4 Å². The van der Waals surface area contributed by atoms with E-state index in [0.29, 0.717) is 54.6 Å². The number of aromatic nitrogens is 1. The first-order chi connectivity index (χ1) is 19.3. The lowest BCUT2D eigenvalue weighted by Gasteiger charge is -2.33. The van der Waals surface area contributed by atoms with E-state index in [1.807, 2.05) is 0 Å². The Labute approximate surface area is 236 Å². The fourth-order valence-electron chi connectivity index (χ4n) is 5.10. The number of hydrogen-bond acceptors (Lipinski definition) is 8. The maximum absolute atomic E-state index is 14.4. The van der Waals surface area contributed by atoms with Gasteiger partial charge < -0.3 is 9.47 Å². The zero-order valence-corrected chi connectivity index (χ0v) is 23.9. The highest BCUT2D eigenvalue weighted by molar-refractivity contribution is 7.89. The molecule has 2 aromatic carbocycles. The summed E-state index contributed by atoms with van der Waals surface area (Å²) < 4.78 is 66.9. The minimum Gasteiger partial charge on any atom is -0.497 e. The molecule has 2 saturated heterocycles. The van der Waals surface area contributed by atoms with E-state index in [0.717, 1.165) is 37.0 Å². The average Bonchev–Trinajstić information content (AvgIpc) is 3.40. The number of sulfonamides is 1. The van der Waals surface area contributed by atoms with Crippen LogP contribution in [0.25, 0.3) is 10.2 Å². The molecule has 0 saturated carbocycles. The smallest absolute Gasteiger partial charge is 0.243 e. The number of carbonyl (C=O) groups excluding carboxylic acids is 1. The molecule has 2 aliphatic rings. The largest absolute Gasteiger partial charge is 0.497 e. The van der Waals surface area contributed by atoms with E-state index in [4.69, 9.17) is 9.47 Å². The van der Waals surface area contributed by atoms with Crippen LogP contribution in [0.4, 0.5) is 13.9 Å². The quantitative estimate of drug-likeness (QED) is 0.373. The molecule has 1 aromatic heterocycles. The number of amides is 1. The fourth-order valence-corrected chi connectivity index (χ4v) is 7.60. The molecule has 0 atom stereocenters. The molecule has 13 heteroatoms. The summed E-state index contributed by atoms with van der Waals surface area (Å²) in [5, 5.41) is 0.319. The van der Waals surface area contributed by atoms with Gasteiger partial charge in [-0.1, -0.05) is 11.3 Å². The fraction of sp³-hybridized carbons (Fsp3) is 0.481. The summed E-state index contributed by atoms with van der Waals surface area (Å²) in [6.07, 6.45) is 1.37. The summed E-state index contributed by atoms with van der Waals surface area (Å²) >= 11 is 1.08. The van der Waals surface area contributed by atoms with Crippen molar-refractivity contribution in [1.29, 1.82) is 0 Å². The minimum absolute atomic E-state index is 0.0350. The number of ether oxygens (including phenoxy) is 2. The highest BCUT2D eigenvalue weighted by Gasteiger charge is 2.35. The number of halogens is 2. The number of rotatable bonds is 9. The third kappa shape index (κ3) is 6.28. The number of nitrogens with zero attached hydrogens (tertiary/aromatic N) is 4. The lowest BCUT2D eigenvalue weighted by Crippen LogP contribution is -2.45. The van der Waals surface area contributed by atoms with Gasteiger partial charge in [-0.05, 0) is 49.6 Å². The monoisotopic (exact) mass is 594 g/mol. The second kappa shape index (κ2) is 12.4. The zero-order valence-electron chi connectivity index (χ0n) is 22.2. The van der Waals surface area contributed by atoms with Crippen LogP contribution in [0.1, 0.15) is 19.3 Å². The van der Waals surface area contributed by atoms with Crippen LogP contribution in [-0.4, -0.2) is 88.1 Å². The first-order valence-corrected chi connectivity index (χ1v) is 15.5. The molecule has 216 valence electrons. The average molecular weight is 595 g/mol. The van der Waals surface area contributed by atoms with Crippen molar-refractivity contribution in [2.45, 2.75) is 24.2 Å². The van der Waals surface area contributed by atoms with Crippen LogP contribution in [-0.2, 0) is 19.6 Å². The van der Waals surface area contributed by atoms with Crippen molar-refractivity contribution >= 4 is 42.6 Å². The predicted molar refractivity (Wildman–Crippen MR) is 148 cm³/mol. The number of carbonyl (C=O) groups is 1. The van der Waals surface area contributed by atoms with E-state index in [1.54, 1.807) is 17.0 Å². The molecule has 3 heterocycles. The summed E-state index contributed by atoms with van der Waals surface area (Å²) in [6, 6.07) is 8.23. The lowest BCUT2D eigenvalue weighted by atomic mass is 9.96. The molecule has 40 heavy (non-hydrogen) atoms. The van der Waals surface area contributed by atoms with E-state index in [1.165, 1.54) is 29.6 Å². The van der Waals surface area contributed by atoms with Gasteiger partial charge in [0.15, 0.2) is 10.9 Å². The number of benzene rings is 2. The molecule has 0 spiro atoms. The Balaban J connectivity index is 1.30. The summed E-state index contributed by atoms with van der Waals surface area (Å²) in [6.45, 7) is 4.51. The highest BCUT2D eigenvalue weighted by atomic mass is 32.2. The van der Waals surface area contributed by atoms with Crippen LogP contribution >= 0.6 is 11.3 Å². The molecule has 2 aliphatic heterocycles. The van der Waals surface area contributed by atoms with Gasteiger partial charge in [0.1, 0.15) is 17.1 Å². The van der Waals surface area contributed by atoms with Crippen molar-refractivity contribution in [1.82, 2.24) is 14.2 Å². The topological polar surface area (TPSA) is 92.3 Å². The molecule has 0 bridgehead atoms. The molecular formula is C27H32F2N4O5S2. The van der Waals surface area contributed by atoms with Gasteiger partial charge in [0.2, 0.25) is 15.9 Å². The molecule has 1 amide bonds. The Morgan fingerprint density at radius 3 is 2.50 bits per heavy atom. The Bertz CT molecular complexity index is 1440. The molecule has 3 aromatic rings. The van der Waals surface area contributed by atoms with Crippen LogP contribution in [0.5, 0.6) is 5.75 Å². The number of thiazole rings is 1. The standard InChI is InChI=1S/C27H32F2N4O5S2/c1-37-21-3-5-22(6-4-21)40(35,36)32-11-7-19(8-12-32)26(34)33(10-2-9-31-13-15-38-16-14-31)27-30-25-23(29)17-20(28)18-24(25)39-27/h3-6,17-19H,2,7-16H2,1H3. The van der Waals surface area contributed by atoms with Gasteiger partial charge in [0.25, 0.3) is 0 Å². The summed E-state index contributed by atoms with van der Waals surface area (Å²) in [7, 11) is -2.20. The molecule has 0 N–H and O–H groups in total. The van der Waals surface area contributed by atoms with E-state index >= 15 is 0 Å². The van der Waals surface area contributed by atoms with Gasteiger partial charge in [-0.15, -0.1) is 0 Å². The first kappa shape index (κ1) is 28.8. The van der Waals surface area contributed by atoms with Crippen molar-refractivity contribution in [3.8, 4) is 5.75 Å². The maximum atomic E-state index is 14.4. The number of anilines is 1. The number of morpholine rings is 1. The number of fused-ring (bicyclic) bond motifs is 1.